The first-order valence-electron chi connectivity index (χ1n) is 6.10. The summed E-state index contributed by atoms with van der Waals surface area (Å²) >= 11 is 6.00. The maximum atomic E-state index is 12.3. The van der Waals surface area contributed by atoms with Crippen LogP contribution in [0, 0.1) is 0 Å². The number of hydrogen-bond donors (Lipinski definition) is 1. The van der Waals surface area contributed by atoms with Crippen LogP contribution >= 0.6 is 11.6 Å². The molecular weight excluding hydrogens is 324 g/mol. The molecule has 0 heterocycles. The highest BCUT2D eigenvalue weighted by atomic mass is 35.5. The number of carbonyl (C=O) groups excluding carboxylic acids is 1. The Morgan fingerprint density at radius 1 is 1.23 bits per heavy atom. The highest BCUT2D eigenvalue weighted by molar-refractivity contribution is 7.93. The topological polar surface area (TPSA) is 72.5 Å². The predicted molar refractivity (Wildman–Crippen MR) is 85.4 cm³/mol. The molecule has 112 valence electrons. The van der Waals surface area contributed by atoms with Gasteiger partial charge in [0, 0.05) is 0 Å². The highest BCUT2D eigenvalue weighted by Crippen LogP contribution is 2.25. The average Bonchev–Trinajstić information content (AvgIpc) is 2.48. The van der Waals surface area contributed by atoms with Crippen LogP contribution in [0.5, 0.6) is 0 Å². The van der Waals surface area contributed by atoms with E-state index in [1.54, 1.807) is 12.1 Å². The number of halogens is 1. The lowest BCUT2D eigenvalue weighted by Crippen LogP contribution is -2.21. The fraction of sp³-hybridized carbons (Fsp3) is 0.0714. The maximum absolute atomic E-state index is 12.3. The summed E-state index contributed by atoms with van der Waals surface area (Å²) in [7, 11) is 3.03. The Bertz CT molecular complexity index is 823. The van der Waals surface area contributed by atoms with E-state index in [1.807, 2.05) is 0 Å². The summed E-state index contributed by atoms with van der Waals surface area (Å²) in [6.45, 7) is 0. The number of ether oxygens (including phenoxy) is 1. The van der Waals surface area contributed by atoms with Crippen molar-refractivity contribution in [2.45, 2.75) is 4.90 Å². The standard InChI is InChI=1S/C14H11BClNO4S/c1-21-14(18)9-6-7-12(11(16)8-9)17-22(19,20)13-5-3-2-4-10(13)15/h2-8,17H,1H3. The van der Waals surface area contributed by atoms with Crippen LogP contribution in [-0.2, 0) is 14.8 Å². The molecule has 0 fully saturated rings. The molecule has 0 aliphatic carbocycles. The molecule has 0 aromatic heterocycles. The van der Waals surface area contributed by atoms with Crippen LogP contribution < -0.4 is 10.2 Å². The van der Waals surface area contributed by atoms with Gasteiger partial charge in [-0.25, -0.2) is 13.2 Å². The molecule has 0 aliphatic heterocycles. The SMILES string of the molecule is [B]c1ccccc1S(=O)(=O)Nc1ccc(C(=O)OC)cc1Cl. The van der Waals surface area contributed by atoms with Crippen molar-refractivity contribution in [1.82, 2.24) is 0 Å². The Morgan fingerprint density at radius 3 is 2.50 bits per heavy atom. The number of nitrogens with one attached hydrogen (secondary N) is 1. The van der Waals surface area contributed by atoms with E-state index < -0.39 is 16.0 Å². The molecule has 2 aromatic rings. The van der Waals surface area contributed by atoms with Gasteiger partial charge in [-0.05, 0) is 24.3 Å². The quantitative estimate of drug-likeness (QED) is 0.682. The second-order valence-electron chi connectivity index (χ2n) is 4.33. The molecule has 2 rings (SSSR count). The molecule has 2 radical (unpaired) electrons. The first-order valence-corrected chi connectivity index (χ1v) is 7.96. The monoisotopic (exact) mass is 335 g/mol. The smallest absolute Gasteiger partial charge is 0.337 e. The summed E-state index contributed by atoms with van der Waals surface area (Å²) in [5.41, 5.74) is 0.476. The zero-order valence-electron chi connectivity index (χ0n) is 11.5. The lowest BCUT2D eigenvalue weighted by molar-refractivity contribution is 0.0601. The van der Waals surface area contributed by atoms with E-state index >= 15 is 0 Å². The van der Waals surface area contributed by atoms with Crippen LogP contribution in [0.1, 0.15) is 10.4 Å². The van der Waals surface area contributed by atoms with E-state index in [4.69, 9.17) is 19.4 Å². The van der Waals surface area contributed by atoms with Gasteiger partial charge in [0.2, 0.25) is 0 Å². The van der Waals surface area contributed by atoms with Crippen LogP contribution in [0.4, 0.5) is 5.69 Å². The Labute approximate surface area is 134 Å². The molecule has 1 N–H and O–H groups in total. The van der Waals surface area contributed by atoms with E-state index in [9.17, 15) is 13.2 Å². The van der Waals surface area contributed by atoms with Crippen LogP contribution in [0.25, 0.3) is 0 Å². The molecule has 0 spiro atoms. The predicted octanol–water partition coefficient (Wildman–Crippen LogP) is 1.72. The van der Waals surface area contributed by atoms with Crippen molar-refractivity contribution in [1.29, 1.82) is 0 Å². The third-order valence-corrected chi connectivity index (χ3v) is 4.60. The Morgan fingerprint density at radius 2 is 1.91 bits per heavy atom. The van der Waals surface area contributed by atoms with E-state index in [1.165, 1.54) is 37.4 Å². The summed E-state index contributed by atoms with van der Waals surface area (Å²) in [6.07, 6.45) is 0. The molecule has 22 heavy (non-hydrogen) atoms. The first kappa shape index (κ1) is 16.4. The average molecular weight is 336 g/mol. The van der Waals surface area contributed by atoms with Crippen molar-refractivity contribution < 1.29 is 17.9 Å². The summed E-state index contributed by atoms with van der Waals surface area (Å²) in [5.74, 6) is -0.566. The summed E-state index contributed by atoms with van der Waals surface area (Å²) in [4.78, 5) is 11.3. The molecule has 0 atom stereocenters. The Hall–Kier alpha value is -1.99. The molecule has 8 heteroatoms. The normalized spacial score (nSPS) is 11.0. The van der Waals surface area contributed by atoms with Gasteiger partial charge in [-0.1, -0.05) is 35.3 Å². The summed E-state index contributed by atoms with van der Waals surface area (Å²) in [5, 5.41) is 0.0703. The summed E-state index contributed by atoms with van der Waals surface area (Å²) < 4.78 is 31.5. The van der Waals surface area contributed by atoms with Crippen molar-refractivity contribution in [3.05, 3.63) is 53.1 Å². The van der Waals surface area contributed by atoms with Crippen LogP contribution in [0.2, 0.25) is 5.02 Å². The van der Waals surface area contributed by atoms with Crippen molar-refractivity contribution >= 4 is 46.6 Å². The molecule has 0 saturated heterocycles. The van der Waals surface area contributed by atoms with E-state index in [-0.39, 0.29) is 26.6 Å². The van der Waals surface area contributed by atoms with Gasteiger partial charge in [0.15, 0.2) is 0 Å². The first-order chi connectivity index (χ1) is 10.3. The lowest BCUT2D eigenvalue weighted by atomic mass is 9.97. The van der Waals surface area contributed by atoms with Crippen molar-refractivity contribution in [3.8, 4) is 0 Å². The fourth-order valence-corrected chi connectivity index (χ4v) is 3.27. The lowest BCUT2D eigenvalue weighted by Gasteiger charge is -2.12. The van der Waals surface area contributed by atoms with Crippen LogP contribution in [0.15, 0.2) is 47.4 Å². The number of rotatable bonds is 4. The minimum atomic E-state index is -3.88. The molecule has 2 aromatic carbocycles. The van der Waals surface area contributed by atoms with Crippen LogP contribution in [-0.4, -0.2) is 29.3 Å². The molecular formula is C14H11BClNO4S. The van der Waals surface area contributed by atoms with Gasteiger partial charge in [0.1, 0.15) is 7.85 Å². The number of benzene rings is 2. The van der Waals surface area contributed by atoms with Crippen molar-refractivity contribution in [2.24, 2.45) is 0 Å². The van der Waals surface area contributed by atoms with Gasteiger partial charge in [-0.2, -0.15) is 0 Å². The van der Waals surface area contributed by atoms with Gasteiger partial charge in [-0.15, -0.1) is 0 Å². The van der Waals surface area contributed by atoms with Crippen LogP contribution in [0.3, 0.4) is 0 Å². The Kier molecular flexibility index (Phi) is 4.78. The minimum Gasteiger partial charge on any atom is -0.465 e. The van der Waals surface area contributed by atoms with Gasteiger partial charge < -0.3 is 4.74 Å². The van der Waals surface area contributed by atoms with Gasteiger partial charge in [0.25, 0.3) is 10.0 Å². The van der Waals surface area contributed by atoms with Gasteiger partial charge >= 0.3 is 5.97 Å². The number of esters is 1. The van der Waals surface area contributed by atoms with E-state index in [2.05, 4.69) is 9.46 Å². The summed E-state index contributed by atoms with van der Waals surface area (Å²) in [6, 6.07) is 10.2. The number of carbonyl (C=O) groups is 1. The second kappa shape index (κ2) is 6.42. The van der Waals surface area contributed by atoms with Crippen molar-refractivity contribution in [3.63, 3.8) is 0 Å². The maximum Gasteiger partial charge on any atom is 0.337 e. The molecule has 0 unspecified atom stereocenters. The zero-order chi connectivity index (χ0) is 16.3. The molecule has 0 saturated carbocycles. The molecule has 0 bridgehead atoms. The van der Waals surface area contributed by atoms with Gasteiger partial charge in [0.05, 0.1) is 28.3 Å². The minimum absolute atomic E-state index is 0.0527. The Balaban J connectivity index is 2.35. The number of sulfonamides is 1. The van der Waals surface area contributed by atoms with Crippen molar-refractivity contribution in [2.75, 3.05) is 11.8 Å². The molecule has 0 aliphatic rings. The highest BCUT2D eigenvalue weighted by Gasteiger charge is 2.18. The number of hydrogen-bond acceptors (Lipinski definition) is 4. The molecule has 5 nitrogen and oxygen atoms in total. The number of methoxy groups -OCH3 is 1. The molecule has 0 amide bonds. The van der Waals surface area contributed by atoms with Gasteiger partial charge in [-0.3, -0.25) is 4.72 Å². The van der Waals surface area contributed by atoms with E-state index in [0.29, 0.717) is 0 Å². The fourth-order valence-electron chi connectivity index (χ4n) is 1.77. The largest absolute Gasteiger partial charge is 0.465 e. The second-order valence-corrected chi connectivity index (χ2v) is 6.39. The third kappa shape index (κ3) is 3.43. The third-order valence-electron chi connectivity index (χ3n) is 2.84. The number of anilines is 1. The van der Waals surface area contributed by atoms with E-state index in [0.717, 1.165) is 0 Å². The zero-order valence-corrected chi connectivity index (χ0v) is 13.1.